The van der Waals surface area contributed by atoms with Gasteiger partial charge in [-0.2, -0.15) is 5.10 Å². The zero-order valence-electron chi connectivity index (χ0n) is 9.54. The SMILES string of the molecule is CCCCC(=O)NN=Cc1cccc(Cl)c1Cl. The monoisotopic (exact) mass is 272 g/mol. The lowest BCUT2D eigenvalue weighted by Crippen LogP contribution is -2.16. The van der Waals surface area contributed by atoms with Gasteiger partial charge < -0.3 is 0 Å². The summed E-state index contributed by atoms with van der Waals surface area (Å²) in [6.45, 7) is 2.03. The van der Waals surface area contributed by atoms with E-state index in [1.165, 1.54) is 6.21 Å². The van der Waals surface area contributed by atoms with Gasteiger partial charge in [-0.15, -0.1) is 0 Å². The lowest BCUT2D eigenvalue weighted by molar-refractivity contribution is -0.121. The largest absolute Gasteiger partial charge is 0.273 e. The van der Waals surface area contributed by atoms with Crippen molar-refractivity contribution < 1.29 is 4.79 Å². The molecule has 92 valence electrons. The molecule has 0 aliphatic carbocycles. The maximum atomic E-state index is 11.3. The lowest BCUT2D eigenvalue weighted by Gasteiger charge is -2.00. The highest BCUT2D eigenvalue weighted by molar-refractivity contribution is 6.43. The molecule has 0 fully saturated rings. The summed E-state index contributed by atoms with van der Waals surface area (Å²) in [6.07, 6.45) is 3.81. The van der Waals surface area contributed by atoms with Crippen LogP contribution in [-0.4, -0.2) is 12.1 Å². The fourth-order valence-corrected chi connectivity index (χ4v) is 1.54. The summed E-state index contributed by atoms with van der Waals surface area (Å²) in [5, 5.41) is 4.73. The molecule has 1 aromatic rings. The van der Waals surface area contributed by atoms with E-state index in [9.17, 15) is 4.79 Å². The maximum Gasteiger partial charge on any atom is 0.240 e. The van der Waals surface area contributed by atoms with Crippen LogP contribution in [0.3, 0.4) is 0 Å². The first-order valence-corrected chi connectivity index (χ1v) is 6.16. The van der Waals surface area contributed by atoms with Gasteiger partial charge in [0, 0.05) is 12.0 Å². The van der Waals surface area contributed by atoms with E-state index in [0.717, 1.165) is 12.8 Å². The van der Waals surface area contributed by atoms with Crippen molar-refractivity contribution in [3.8, 4) is 0 Å². The van der Waals surface area contributed by atoms with Crippen LogP contribution in [0, 0.1) is 0 Å². The van der Waals surface area contributed by atoms with Crippen molar-refractivity contribution >= 4 is 35.3 Å². The van der Waals surface area contributed by atoms with Crippen LogP contribution in [0.2, 0.25) is 10.0 Å². The number of amides is 1. The third-order valence-electron chi connectivity index (χ3n) is 2.13. The molecule has 1 N–H and O–H groups in total. The topological polar surface area (TPSA) is 41.5 Å². The Kier molecular flexibility index (Phi) is 6.01. The molecule has 0 radical (unpaired) electrons. The molecule has 0 atom stereocenters. The quantitative estimate of drug-likeness (QED) is 0.646. The minimum absolute atomic E-state index is 0.0961. The number of nitrogens with one attached hydrogen (secondary N) is 1. The molecule has 0 aliphatic rings. The molecule has 1 rings (SSSR count). The van der Waals surface area contributed by atoms with E-state index in [1.54, 1.807) is 18.2 Å². The normalized spacial score (nSPS) is 10.8. The van der Waals surface area contributed by atoms with Crippen LogP contribution >= 0.6 is 23.2 Å². The zero-order valence-corrected chi connectivity index (χ0v) is 11.1. The number of hydrogen-bond acceptors (Lipinski definition) is 2. The summed E-state index contributed by atoms with van der Waals surface area (Å²) < 4.78 is 0. The molecule has 3 nitrogen and oxygen atoms in total. The Morgan fingerprint density at radius 2 is 2.24 bits per heavy atom. The van der Waals surface area contributed by atoms with Gasteiger partial charge in [0.2, 0.25) is 5.91 Å². The standard InChI is InChI=1S/C12H14Cl2N2O/c1-2-3-7-11(17)16-15-8-9-5-4-6-10(13)12(9)14/h4-6,8H,2-3,7H2,1H3,(H,16,17). The molecule has 0 bridgehead atoms. The van der Waals surface area contributed by atoms with Crippen molar-refractivity contribution in [1.82, 2.24) is 5.43 Å². The summed E-state index contributed by atoms with van der Waals surface area (Å²) in [7, 11) is 0. The third-order valence-corrected chi connectivity index (χ3v) is 2.97. The Hall–Kier alpha value is -1.06. The zero-order chi connectivity index (χ0) is 12.7. The Balaban J connectivity index is 2.54. The number of carbonyl (C=O) groups is 1. The molecule has 0 saturated heterocycles. The average Bonchev–Trinajstić information content (AvgIpc) is 2.32. The van der Waals surface area contributed by atoms with Gasteiger partial charge in [0.25, 0.3) is 0 Å². The summed E-state index contributed by atoms with van der Waals surface area (Å²) in [5.41, 5.74) is 3.12. The predicted molar refractivity (Wildman–Crippen MR) is 71.7 cm³/mol. The average molecular weight is 273 g/mol. The second-order valence-electron chi connectivity index (χ2n) is 3.54. The first-order chi connectivity index (χ1) is 8.15. The van der Waals surface area contributed by atoms with Crippen LogP contribution in [0.15, 0.2) is 23.3 Å². The highest BCUT2D eigenvalue weighted by Gasteiger charge is 2.02. The minimum atomic E-state index is -0.0961. The fraction of sp³-hybridized carbons (Fsp3) is 0.333. The number of rotatable bonds is 5. The molecule has 0 saturated carbocycles. The van der Waals surface area contributed by atoms with Crippen molar-refractivity contribution in [1.29, 1.82) is 0 Å². The van der Waals surface area contributed by atoms with Crippen LogP contribution in [0.25, 0.3) is 0 Å². The molecule has 0 aromatic heterocycles. The molecule has 17 heavy (non-hydrogen) atoms. The lowest BCUT2D eigenvalue weighted by atomic mass is 10.2. The highest BCUT2D eigenvalue weighted by Crippen LogP contribution is 2.23. The van der Waals surface area contributed by atoms with Gasteiger partial charge in [-0.25, -0.2) is 5.43 Å². The van der Waals surface area contributed by atoms with E-state index >= 15 is 0 Å². The van der Waals surface area contributed by atoms with Gasteiger partial charge in [0.1, 0.15) is 0 Å². The van der Waals surface area contributed by atoms with E-state index in [0.29, 0.717) is 22.0 Å². The van der Waals surface area contributed by atoms with Gasteiger partial charge in [-0.3, -0.25) is 4.79 Å². The summed E-state index contributed by atoms with van der Waals surface area (Å²) in [5.74, 6) is -0.0961. The Labute approximate surface area is 111 Å². The van der Waals surface area contributed by atoms with Crippen molar-refractivity contribution in [2.24, 2.45) is 5.10 Å². The summed E-state index contributed by atoms with van der Waals surface area (Å²) >= 11 is 11.8. The van der Waals surface area contributed by atoms with Crippen molar-refractivity contribution in [3.05, 3.63) is 33.8 Å². The van der Waals surface area contributed by atoms with Crippen LogP contribution in [0.1, 0.15) is 31.7 Å². The van der Waals surface area contributed by atoms with E-state index in [4.69, 9.17) is 23.2 Å². The van der Waals surface area contributed by atoms with Crippen LogP contribution in [-0.2, 0) is 4.79 Å². The number of unbranched alkanes of at least 4 members (excludes halogenated alkanes) is 1. The minimum Gasteiger partial charge on any atom is -0.273 e. The third kappa shape index (κ3) is 4.75. The predicted octanol–water partition coefficient (Wildman–Crippen LogP) is 3.63. The fourth-order valence-electron chi connectivity index (χ4n) is 1.19. The summed E-state index contributed by atoms with van der Waals surface area (Å²) in [4.78, 5) is 11.3. The molecule has 0 aliphatic heterocycles. The Morgan fingerprint density at radius 3 is 2.94 bits per heavy atom. The van der Waals surface area contributed by atoms with E-state index < -0.39 is 0 Å². The number of hydrazone groups is 1. The number of carbonyl (C=O) groups excluding carboxylic acids is 1. The van der Waals surface area contributed by atoms with Gasteiger partial charge in [0.05, 0.1) is 16.3 Å². The number of benzene rings is 1. The first kappa shape index (κ1) is 14.0. The molecule has 1 aromatic carbocycles. The van der Waals surface area contributed by atoms with Gasteiger partial charge in [-0.05, 0) is 12.5 Å². The first-order valence-electron chi connectivity index (χ1n) is 5.41. The van der Waals surface area contributed by atoms with Crippen LogP contribution in [0.4, 0.5) is 0 Å². The number of halogens is 2. The Morgan fingerprint density at radius 1 is 1.47 bits per heavy atom. The molecule has 0 unspecified atom stereocenters. The number of hydrogen-bond donors (Lipinski definition) is 1. The van der Waals surface area contributed by atoms with E-state index in [1.807, 2.05) is 6.92 Å². The maximum absolute atomic E-state index is 11.3. The van der Waals surface area contributed by atoms with Gasteiger partial charge in [-0.1, -0.05) is 48.7 Å². The van der Waals surface area contributed by atoms with Crippen molar-refractivity contribution in [3.63, 3.8) is 0 Å². The molecule has 1 amide bonds. The molecular formula is C12H14Cl2N2O. The Bertz CT molecular complexity index is 419. The molecule has 5 heteroatoms. The molecular weight excluding hydrogens is 259 g/mol. The summed E-state index contributed by atoms with van der Waals surface area (Å²) in [6, 6.07) is 5.24. The number of nitrogens with zero attached hydrogens (tertiary/aromatic N) is 1. The van der Waals surface area contributed by atoms with Crippen LogP contribution in [0.5, 0.6) is 0 Å². The van der Waals surface area contributed by atoms with Crippen molar-refractivity contribution in [2.75, 3.05) is 0 Å². The second-order valence-corrected chi connectivity index (χ2v) is 4.32. The molecule has 0 spiro atoms. The van der Waals surface area contributed by atoms with Crippen molar-refractivity contribution in [2.45, 2.75) is 26.2 Å². The van der Waals surface area contributed by atoms with E-state index in [-0.39, 0.29) is 5.91 Å². The van der Waals surface area contributed by atoms with Gasteiger partial charge in [0.15, 0.2) is 0 Å². The highest BCUT2D eigenvalue weighted by atomic mass is 35.5. The van der Waals surface area contributed by atoms with E-state index in [2.05, 4.69) is 10.5 Å². The smallest absolute Gasteiger partial charge is 0.240 e. The second kappa shape index (κ2) is 7.30. The molecule has 0 heterocycles. The van der Waals surface area contributed by atoms with Crippen LogP contribution < -0.4 is 5.43 Å². The van der Waals surface area contributed by atoms with Gasteiger partial charge >= 0.3 is 0 Å².